The Bertz CT molecular complexity index is 1280. The van der Waals surface area contributed by atoms with E-state index in [2.05, 4.69) is 5.32 Å². The lowest BCUT2D eigenvalue weighted by atomic mass is 10.2. The van der Waals surface area contributed by atoms with E-state index in [-0.39, 0.29) is 17.8 Å². The number of nitrogens with one attached hydrogen (secondary N) is 1. The summed E-state index contributed by atoms with van der Waals surface area (Å²) in [6.07, 6.45) is 0.800. The Kier molecular flexibility index (Phi) is 5.37. The van der Waals surface area contributed by atoms with Crippen molar-refractivity contribution in [3.63, 3.8) is 0 Å². The van der Waals surface area contributed by atoms with Gasteiger partial charge in [0.15, 0.2) is 17.1 Å². The van der Waals surface area contributed by atoms with Crippen molar-refractivity contribution in [2.75, 3.05) is 20.0 Å². The van der Waals surface area contributed by atoms with E-state index in [0.717, 1.165) is 6.42 Å². The van der Waals surface area contributed by atoms with Gasteiger partial charge in [-0.15, -0.1) is 0 Å². The topological polar surface area (TPSA) is 104 Å². The van der Waals surface area contributed by atoms with Crippen molar-refractivity contribution in [1.82, 2.24) is 19.9 Å². The largest absolute Gasteiger partial charge is 0.493 e. The number of ether oxygens (including phenoxy) is 2. The number of hydrogen-bond donors (Lipinski definition) is 2. The van der Waals surface area contributed by atoms with Crippen LogP contribution in [0.2, 0.25) is 0 Å². The van der Waals surface area contributed by atoms with Crippen molar-refractivity contribution >= 4 is 33.9 Å². The summed E-state index contributed by atoms with van der Waals surface area (Å²) in [5.74, 6) is 1.12. The van der Waals surface area contributed by atoms with E-state index in [0.29, 0.717) is 44.9 Å². The Morgan fingerprint density at radius 1 is 1.10 bits per heavy atom. The maximum absolute atomic E-state index is 13.1. The highest BCUT2D eigenvalue weighted by atomic mass is 16.5. The fraction of sp³-hybridized carbons (Fsp3) is 0.261. The van der Waals surface area contributed by atoms with Gasteiger partial charge in [-0.05, 0) is 37.6 Å². The summed E-state index contributed by atoms with van der Waals surface area (Å²) in [4.78, 5) is 22.7. The zero-order valence-corrected chi connectivity index (χ0v) is 18.0. The molecule has 4 rings (SSSR count). The standard InChI is InChI=1S/C23H25N5O3/c1-5-13(2)25-23(29)19-20-22(27-16-9-7-6-8-15(16)26-20)28(21(19)24)14-10-11-17(30-3)18(12-14)31-4/h6-13H,5,24H2,1-4H3,(H,25,29)/t13-/m0/s1. The number of carbonyl (C=O) groups is 1. The molecule has 0 spiro atoms. The van der Waals surface area contributed by atoms with E-state index in [9.17, 15) is 4.79 Å². The third-order valence-corrected chi connectivity index (χ3v) is 5.34. The smallest absolute Gasteiger partial charge is 0.257 e. The number of benzene rings is 2. The first-order chi connectivity index (χ1) is 15.0. The summed E-state index contributed by atoms with van der Waals surface area (Å²) in [7, 11) is 3.14. The van der Waals surface area contributed by atoms with Crippen molar-refractivity contribution in [3.05, 3.63) is 48.0 Å². The summed E-state index contributed by atoms with van der Waals surface area (Å²) in [6, 6.07) is 12.9. The van der Waals surface area contributed by atoms with Crippen molar-refractivity contribution in [1.29, 1.82) is 0 Å². The first kappa shape index (κ1) is 20.5. The third kappa shape index (κ3) is 3.50. The van der Waals surface area contributed by atoms with Crippen molar-refractivity contribution in [2.24, 2.45) is 0 Å². The van der Waals surface area contributed by atoms with Crippen LogP contribution >= 0.6 is 0 Å². The molecule has 2 aromatic heterocycles. The molecular weight excluding hydrogens is 394 g/mol. The molecule has 0 unspecified atom stereocenters. The van der Waals surface area contributed by atoms with E-state index in [1.165, 1.54) is 0 Å². The van der Waals surface area contributed by atoms with E-state index in [4.69, 9.17) is 25.2 Å². The molecule has 0 radical (unpaired) electrons. The molecule has 4 aromatic rings. The minimum atomic E-state index is -0.277. The van der Waals surface area contributed by atoms with Crippen molar-refractivity contribution in [3.8, 4) is 17.2 Å². The number of fused-ring (bicyclic) bond motifs is 2. The van der Waals surface area contributed by atoms with Crippen LogP contribution in [-0.4, -0.2) is 40.7 Å². The Hall–Kier alpha value is -3.81. The van der Waals surface area contributed by atoms with Gasteiger partial charge < -0.3 is 20.5 Å². The van der Waals surface area contributed by atoms with E-state index < -0.39 is 0 Å². The van der Waals surface area contributed by atoms with Crippen LogP contribution in [0.5, 0.6) is 11.5 Å². The number of carbonyl (C=O) groups excluding carboxylic acids is 1. The molecule has 0 aliphatic rings. The highest BCUT2D eigenvalue weighted by Crippen LogP contribution is 2.35. The second-order valence-electron chi connectivity index (χ2n) is 7.30. The summed E-state index contributed by atoms with van der Waals surface area (Å²) < 4.78 is 12.5. The Labute approximate surface area is 180 Å². The molecule has 8 heteroatoms. The molecule has 3 N–H and O–H groups in total. The Morgan fingerprint density at radius 3 is 2.42 bits per heavy atom. The molecule has 0 saturated heterocycles. The summed E-state index contributed by atoms with van der Waals surface area (Å²) in [5, 5.41) is 2.99. The van der Waals surface area contributed by atoms with Gasteiger partial charge in [-0.2, -0.15) is 0 Å². The van der Waals surface area contributed by atoms with Gasteiger partial charge in [0.05, 0.1) is 30.9 Å². The molecule has 0 aliphatic carbocycles. The zero-order chi connectivity index (χ0) is 22.1. The van der Waals surface area contributed by atoms with Gasteiger partial charge in [0.25, 0.3) is 5.91 Å². The van der Waals surface area contributed by atoms with Crippen LogP contribution in [0.25, 0.3) is 27.9 Å². The molecule has 0 aliphatic heterocycles. The lowest BCUT2D eigenvalue weighted by Crippen LogP contribution is -2.32. The molecular formula is C23H25N5O3. The maximum atomic E-state index is 13.1. The monoisotopic (exact) mass is 419 g/mol. The molecule has 2 heterocycles. The van der Waals surface area contributed by atoms with Gasteiger partial charge in [0.2, 0.25) is 0 Å². The number of aromatic nitrogens is 3. The van der Waals surface area contributed by atoms with E-state index >= 15 is 0 Å². The third-order valence-electron chi connectivity index (χ3n) is 5.34. The highest BCUT2D eigenvalue weighted by molar-refractivity contribution is 6.11. The Morgan fingerprint density at radius 2 is 1.77 bits per heavy atom. The quantitative estimate of drug-likeness (QED) is 0.494. The first-order valence-electron chi connectivity index (χ1n) is 10.1. The van der Waals surface area contributed by atoms with Crippen molar-refractivity contribution < 1.29 is 14.3 Å². The SMILES string of the molecule is CC[C@H](C)NC(=O)c1c(N)n(-c2ccc(OC)c(OC)c2)c2nc3ccccc3nc12. The van der Waals surface area contributed by atoms with Crippen molar-refractivity contribution in [2.45, 2.75) is 26.3 Å². The molecule has 31 heavy (non-hydrogen) atoms. The number of rotatable bonds is 6. The second kappa shape index (κ2) is 8.14. The van der Waals surface area contributed by atoms with Gasteiger partial charge in [-0.3, -0.25) is 9.36 Å². The predicted molar refractivity (Wildman–Crippen MR) is 121 cm³/mol. The lowest BCUT2D eigenvalue weighted by molar-refractivity contribution is 0.0941. The van der Waals surface area contributed by atoms with Crippen LogP contribution in [0, 0.1) is 0 Å². The van der Waals surface area contributed by atoms with Crippen LogP contribution in [0.3, 0.4) is 0 Å². The van der Waals surface area contributed by atoms with E-state index in [1.807, 2.05) is 44.2 Å². The molecule has 1 atom stereocenters. The van der Waals surface area contributed by atoms with Crippen LogP contribution in [0.4, 0.5) is 5.82 Å². The maximum Gasteiger partial charge on any atom is 0.257 e. The highest BCUT2D eigenvalue weighted by Gasteiger charge is 2.26. The number of methoxy groups -OCH3 is 2. The fourth-order valence-electron chi connectivity index (χ4n) is 3.51. The van der Waals surface area contributed by atoms with Crippen LogP contribution in [-0.2, 0) is 0 Å². The van der Waals surface area contributed by atoms with Crippen LogP contribution < -0.4 is 20.5 Å². The van der Waals surface area contributed by atoms with Gasteiger partial charge in [-0.1, -0.05) is 19.1 Å². The molecule has 0 saturated carbocycles. The summed E-state index contributed by atoms with van der Waals surface area (Å²) in [5.41, 5.74) is 9.89. The zero-order valence-electron chi connectivity index (χ0n) is 18.0. The number of hydrogen-bond acceptors (Lipinski definition) is 6. The normalized spacial score (nSPS) is 12.1. The van der Waals surface area contributed by atoms with Gasteiger partial charge in [-0.25, -0.2) is 9.97 Å². The number of nitrogens with zero attached hydrogens (tertiary/aromatic N) is 3. The summed E-state index contributed by atoms with van der Waals surface area (Å²) in [6.45, 7) is 3.96. The second-order valence-corrected chi connectivity index (χ2v) is 7.30. The average molecular weight is 419 g/mol. The molecule has 160 valence electrons. The molecule has 0 bridgehead atoms. The minimum Gasteiger partial charge on any atom is -0.493 e. The molecule has 2 aromatic carbocycles. The molecule has 1 amide bonds. The lowest BCUT2D eigenvalue weighted by Gasteiger charge is -2.13. The average Bonchev–Trinajstić information content (AvgIpc) is 3.07. The predicted octanol–water partition coefficient (Wildman–Crippen LogP) is 3.70. The Balaban J connectivity index is 2.02. The van der Waals surface area contributed by atoms with Gasteiger partial charge in [0, 0.05) is 12.1 Å². The number of para-hydroxylation sites is 2. The molecule has 8 nitrogen and oxygen atoms in total. The number of anilines is 1. The van der Waals surface area contributed by atoms with Gasteiger partial charge >= 0.3 is 0 Å². The fourth-order valence-corrected chi connectivity index (χ4v) is 3.51. The summed E-state index contributed by atoms with van der Waals surface area (Å²) >= 11 is 0. The van der Waals surface area contributed by atoms with Crippen LogP contribution in [0.1, 0.15) is 30.6 Å². The van der Waals surface area contributed by atoms with Crippen LogP contribution in [0.15, 0.2) is 42.5 Å². The number of nitrogen functional groups attached to an aromatic ring is 1. The minimum absolute atomic E-state index is 0.000189. The number of amides is 1. The molecule has 0 fully saturated rings. The van der Waals surface area contributed by atoms with Gasteiger partial charge in [0.1, 0.15) is 16.9 Å². The number of nitrogens with two attached hydrogens (primary N) is 1. The van der Waals surface area contributed by atoms with E-state index in [1.54, 1.807) is 30.9 Å². The first-order valence-corrected chi connectivity index (χ1v) is 10.1.